The predicted molar refractivity (Wildman–Crippen MR) is 37.5 cm³/mol. The Labute approximate surface area is 86.3 Å². The van der Waals surface area contributed by atoms with Crippen molar-refractivity contribution >= 4 is 0 Å². The van der Waals surface area contributed by atoms with Crippen molar-refractivity contribution in [1.29, 1.82) is 0 Å². The van der Waals surface area contributed by atoms with Gasteiger partial charge in [-0.15, -0.1) is 6.07 Å². The van der Waals surface area contributed by atoms with E-state index in [0.29, 0.717) is 0 Å². The normalized spacial score (nSPS) is 7.36. The van der Waals surface area contributed by atoms with E-state index in [-0.39, 0.29) is 31.9 Å². The molecule has 1 aromatic rings. The monoisotopic (exact) mass is 220 g/mol. The van der Waals surface area contributed by atoms with E-state index in [1.807, 2.05) is 24.3 Å². The molecule has 0 radical (unpaired) electrons. The molecule has 0 aliphatic rings. The van der Waals surface area contributed by atoms with Gasteiger partial charge in [0.25, 0.3) is 0 Å². The standard InChI is InChI=1S/C8H9O.ClH.Zn/c1-7-5-3-4-6-8(7)9-2;;/h3-6H,1H2,2H3;1H;/q-1;;+2/p-1. The summed E-state index contributed by atoms with van der Waals surface area (Å²) in [4.78, 5) is 0. The van der Waals surface area contributed by atoms with Crippen LogP contribution >= 0.6 is 0 Å². The van der Waals surface area contributed by atoms with Gasteiger partial charge < -0.3 is 17.1 Å². The minimum Gasteiger partial charge on any atom is -1.00 e. The number of rotatable bonds is 1. The van der Waals surface area contributed by atoms with E-state index in [9.17, 15) is 0 Å². The van der Waals surface area contributed by atoms with Crippen molar-refractivity contribution < 1.29 is 36.6 Å². The van der Waals surface area contributed by atoms with Crippen LogP contribution in [0.4, 0.5) is 0 Å². The van der Waals surface area contributed by atoms with Gasteiger partial charge in [0.15, 0.2) is 0 Å². The van der Waals surface area contributed by atoms with Gasteiger partial charge in [-0.05, 0) is 0 Å². The molecule has 1 nitrogen and oxygen atoms in total. The maximum absolute atomic E-state index is 4.98. The Balaban J connectivity index is 0. The van der Waals surface area contributed by atoms with E-state index in [2.05, 4.69) is 6.92 Å². The first-order valence-electron chi connectivity index (χ1n) is 2.79. The Bertz CT molecular complexity index is 203. The minimum absolute atomic E-state index is 0. The van der Waals surface area contributed by atoms with Crippen molar-refractivity contribution in [2.24, 2.45) is 0 Å². The van der Waals surface area contributed by atoms with Gasteiger partial charge in [-0.3, -0.25) is 0 Å². The summed E-state index contributed by atoms with van der Waals surface area (Å²) >= 11 is 0. The van der Waals surface area contributed by atoms with Gasteiger partial charge in [0.05, 0.1) is 7.11 Å². The van der Waals surface area contributed by atoms with Crippen molar-refractivity contribution in [3.05, 3.63) is 36.8 Å². The van der Waals surface area contributed by atoms with Crippen molar-refractivity contribution in [3.63, 3.8) is 0 Å². The van der Waals surface area contributed by atoms with Gasteiger partial charge in [0.2, 0.25) is 0 Å². The Morgan fingerprint density at radius 2 is 1.82 bits per heavy atom. The number of hydrogen-bond donors (Lipinski definition) is 0. The van der Waals surface area contributed by atoms with E-state index in [1.54, 1.807) is 7.11 Å². The molecule has 1 aromatic carbocycles. The molecular weight excluding hydrogens is 213 g/mol. The number of methoxy groups -OCH3 is 1. The van der Waals surface area contributed by atoms with Crippen LogP contribution in [0.1, 0.15) is 5.56 Å². The Morgan fingerprint density at radius 3 is 2.18 bits per heavy atom. The van der Waals surface area contributed by atoms with Crippen molar-refractivity contribution in [2.45, 2.75) is 0 Å². The van der Waals surface area contributed by atoms with Gasteiger partial charge in [-0.2, -0.15) is 18.6 Å². The van der Waals surface area contributed by atoms with Crippen molar-refractivity contribution in [3.8, 4) is 5.75 Å². The van der Waals surface area contributed by atoms with Crippen LogP contribution in [0.25, 0.3) is 0 Å². The third kappa shape index (κ3) is 3.64. The molecule has 1 rings (SSSR count). The van der Waals surface area contributed by atoms with Gasteiger partial charge in [-0.1, -0.05) is 12.1 Å². The molecule has 0 unspecified atom stereocenters. The average Bonchev–Trinajstić information content (AvgIpc) is 1.89. The summed E-state index contributed by atoms with van der Waals surface area (Å²) in [6.07, 6.45) is 0. The molecule has 0 heterocycles. The van der Waals surface area contributed by atoms with Crippen LogP contribution in [0.2, 0.25) is 0 Å². The van der Waals surface area contributed by atoms with Crippen molar-refractivity contribution in [1.82, 2.24) is 0 Å². The van der Waals surface area contributed by atoms with Gasteiger partial charge in [0.1, 0.15) is 0 Å². The average molecular weight is 222 g/mol. The van der Waals surface area contributed by atoms with Gasteiger partial charge >= 0.3 is 19.5 Å². The maximum Gasteiger partial charge on any atom is 2.00 e. The fourth-order valence-electron chi connectivity index (χ4n) is 0.703. The zero-order valence-electron chi connectivity index (χ0n) is 6.51. The topological polar surface area (TPSA) is 9.23 Å². The second kappa shape index (κ2) is 6.51. The van der Waals surface area contributed by atoms with E-state index in [0.717, 1.165) is 11.3 Å². The SMILES string of the molecule is [CH2-]c1ccccc1OC.[Cl-].[Zn+2]. The molecule has 0 aliphatic heterocycles. The maximum atomic E-state index is 4.98. The molecule has 0 fully saturated rings. The third-order valence-electron chi connectivity index (χ3n) is 1.19. The third-order valence-corrected chi connectivity index (χ3v) is 1.19. The number of benzene rings is 1. The fourth-order valence-corrected chi connectivity index (χ4v) is 0.703. The van der Waals surface area contributed by atoms with E-state index < -0.39 is 0 Å². The first kappa shape index (κ1) is 13.4. The predicted octanol–water partition coefficient (Wildman–Crippen LogP) is -1.12. The van der Waals surface area contributed by atoms with Crippen LogP contribution in [0.15, 0.2) is 24.3 Å². The van der Waals surface area contributed by atoms with Crippen molar-refractivity contribution in [2.75, 3.05) is 7.11 Å². The molecule has 0 bridgehead atoms. The Hall–Kier alpha value is -0.197. The summed E-state index contributed by atoms with van der Waals surface area (Å²) in [5.74, 6) is 0.845. The second-order valence-corrected chi connectivity index (χ2v) is 1.81. The molecule has 56 valence electrons. The zero-order valence-corrected chi connectivity index (χ0v) is 10.2. The van der Waals surface area contributed by atoms with Gasteiger partial charge in [-0.25, -0.2) is 0 Å². The molecule has 0 aliphatic carbocycles. The quantitative estimate of drug-likeness (QED) is 0.432. The molecule has 0 amide bonds. The molecule has 0 spiro atoms. The van der Waals surface area contributed by atoms with E-state index >= 15 is 0 Å². The number of halogens is 1. The van der Waals surface area contributed by atoms with Crippen LogP contribution in [0.3, 0.4) is 0 Å². The number of para-hydroxylation sites is 1. The molecule has 11 heavy (non-hydrogen) atoms. The second-order valence-electron chi connectivity index (χ2n) is 1.81. The van der Waals surface area contributed by atoms with Crippen LogP contribution in [0, 0.1) is 6.92 Å². The van der Waals surface area contributed by atoms with Crippen LogP contribution in [-0.4, -0.2) is 7.11 Å². The Kier molecular flexibility index (Phi) is 7.93. The fraction of sp³-hybridized carbons (Fsp3) is 0.125. The molecule has 0 saturated heterocycles. The molecule has 0 saturated carbocycles. The summed E-state index contributed by atoms with van der Waals surface area (Å²) in [7, 11) is 1.64. The summed E-state index contributed by atoms with van der Waals surface area (Å²) in [6.45, 7) is 3.77. The summed E-state index contributed by atoms with van der Waals surface area (Å²) in [5.41, 5.74) is 0.931. The van der Waals surface area contributed by atoms with Gasteiger partial charge in [0, 0.05) is 5.75 Å². The molecule has 0 aromatic heterocycles. The molecule has 3 heteroatoms. The van der Waals surface area contributed by atoms with Crippen LogP contribution in [-0.2, 0) is 19.5 Å². The van der Waals surface area contributed by atoms with E-state index in [4.69, 9.17) is 4.74 Å². The van der Waals surface area contributed by atoms with E-state index in [1.165, 1.54) is 0 Å². The summed E-state index contributed by atoms with van der Waals surface area (Å²) in [5, 5.41) is 0. The molecule has 0 N–H and O–H groups in total. The first-order chi connectivity index (χ1) is 4.34. The summed E-state index contributed by atoms with van der Waals surface area (Å²) < 4.78 is 4.98. The number of hydrogen-bond acceptors (Lipinski definition) is 1. The largest absolute Gasteiger partial charge is 2.00 e. The zero-order chi connectivity index (χ0) is 6.69. The van der Waals surface area contributed by atoms with Crippen LogP contribution < -0.4 is 17.1 Å². The molecular formula is C8H9ClOZn. The van der Waals surface area contributed by atoms with Crippen LogP contribution in [0.5, 0.6) is 5.75 Å². The smallest absolute Gasteiger partial charge is 1.00 e. The Morgan fingerprint density at radius 1 is 1.27 bits per heavy atom. The summed E-state index contributed by atoms with van der Waals surface area (Å²) in [6, 6.07) is 7.67. The first-order valence-corrected chi connectivity index (χ1v) is 2.79. The molecule has 0 atom stereocenters. The number of ether oxygens (including phenoxy) is 1. The minimum atomic E-state index is 0.